The Labute approximate surface area is 121 Å². The molecule has 4 nitrogen and oxygen atoms in total. The molecule has 0 spiro atoms. The molecule has 1 atom stereocenters. The molecule has 1 aromatic heterocycles. The number of nitrogens with one attached hydrogen (secondary N) is 1. The van der Waals surface area contributed by atoms with Gasteiger partial charge in [-0.25, -0.2) is 8.99 Å². The number of hydrogen-bond donors (Lipinski definition) is 1. The first kappa shape index (κ1) is 16.4. The zero-order valence-electron chi connectivity index (χ0n) is 12.5. The third-order valence-corrected chi connectivity index (χ3v) is 5.21. The van der Waals surface area contributed by atoms with Gasteiger partial charge in [-0.15, -0.1) is 0 Å². The second-order valence-corrected chi connectivity index (χ2v) is 7.60. The van der Waals surface area contributed by atoms with E-state index in [2.05, 4.69) is 17.6 Å². The number of hydrogen-bond acceptors (Lipinski definition) is 4. The van der Waals surface area contributed by atoms with Gasteiger partial charge in [-0.3, -0.25) is 4.98 Å². The molecule has 1 heterocycles. The van der Waals surface area contributed by atoms with E-state index in [0.717, 1.165) is 5.57 Å². The highest BCUT2D eigenvalue weighted by Gasteiger charge is 2.24. The Hall–Kier alpha value is -1.67. The van der Waals surface area contributed by atoms with Crippen molar-refractivity contribution >= 4 is 15.3 Å². The van der Waals surface area contributed by atoms with Crippen LogP contribution in [0.4, 0.5) is 0 Å². The third kappa shape index (κ3) is 3.07. The molecule has 0 amide bonds. The minimum Gasteiger partial charge on any atom is -0.255 e. The van der Waals surface area contributed by atoms with Gasteiger partial charge >= 0.3 is 0 Å². The summed E-state index contributed by atoms with van der Waals surface area (Å²) in [5, 5.41) is 9.21. The van der Waals surface area contributed by atoms with Gasteiger partial charge in [0.05, 0.1) is 31.8 Å². The molecule has 1 unspecified atom stereocenters. The van der Waals surface area contributed by atoms with Crippen LogP contribution in [0.15, 0.2) is 23.7 Å². The minimum atomic E-state index is -2.91. The molecule has 1 aromatic rings. The van der Waals surface area contributed by atoms with Crippen LogP contribution in [0.25, 0.3) is 5.57 Å². The quantitative estimate of drug-likeness (QED) is 0.897. The van der Waals surface area contributed by atoms with E-state index in [9.17, 15) is 9.47 Å². The molecule has 0 aliphatic carbocycles. The van der Waals surface area contributed by atoms with Crippen molar-refractivity contribution in [1.29, 1.82) is 10.0 Å². The van der Waals surface area contributed by atoms with Gasteiger partial charge in [0.15, 0.2) is 0 Å². The lowest BCUT2D eigenvalue weighted by Crippen LogP contribution is -2.17. The fourth-order valence-electron chi connectivity index (χ4n) is 1.69. The monoisotopic (exact) mass is 291 g/mol. The molecule has 108 valence electrons. The van der Waals surface area contributed by atoms with Crippen LogP contribution < -0.4 is 0 Å². The zero-order valence-corrected chi connectivity index (χ0v) is 13.3. The number of aromatic nitrogens is 1. The zero-order chi connectivity index (χ0) is 15.6. The van der Waals surface area contributed by atoms with Crippen molar-refractivity contribution in [3.63, 3.8) is 0 Å². The summed E-state index contributed by atoms with van der Waals surface area (Å²) in [7, 11) is -2.91. The van der Waals surface area contributed by atoms with E-state index in [4.69, 9.17) is 4.78 Å². The number of rotatable bonds is 5. The van der Waals surface area contributed by atoms with Crippen LogP contribution >= 0.6 is 0 Å². The largest absolute Gasteiger partial charge is 0.255 e. The van der Waals surface area contributed by atoms with Crippen molar-refractivity contribution < 1.29 is 4.21 Å². The van der Waals surface area contributed by atoms with Crippen LogP contribution in [0.1, 0.15) is 45.4 Å². The van der Waals surface area contributed by atoms with Crippen molar-refractivity contribution in [1.82, 2.24) is 4.98 Å². The van der Waals surface area contributed by atoms with Crippen molar-refractivity contribution in [2.75, 3.05) is 5.75 Å². The van der Waals surface area contributed by atoms with Crippen LogP contribution in [-0.4, -0.2) is 14.9 Å². The Balaban J connectivity index is 3.62. The molecular weight excluding hydrogens is 270 g/mol. The van der Waals surface area contributed by atoms with Gasteiger partial charge in [-0.1, -0.05) is 20.4 Å². The maximum Gasteiger partial charge on any atom is 0.0825 e. The molecule has 0 saturated heterocycles. The molecule has 5 heteroatoms. The molecule has 1 N–H and O–H groups in total. The SMILES string of the molecule is C=C(CC)c1ncc(C(C)(C)C#N)cc1S(=N)(=O)CC. The highest BCUT2D eigenvalue weighted by molar-refractivity contribution is 7.92. The average molecular weight is 291 g/mol. The fourth-order valence-corrected chi connectivity index (χ4v) is 2.83. The van der Waals surface area contributed by atoms with Crippen molar-refractivity contribution in [3.05, 3.63) is 30.1 Å². The summed E-state index contributed by atoms with van der Waals surface area (Å²) in [6.07, 6.45) is 2.30. The fraction of sp³-hybridized carbons (Fsp3) is 0.467. The summed E-state index contributed by atoms with van der Waals surface area (Å²) in [6.45, 7) is 11.1. The first-order valence-electron chi connectivity index (χ1n) is 6.56. The second-order valence-electron chi connectivity index (χ2n) is 5.23. The summed E-state index contributed by atoms with van der Waals surface area (Å²) >= 11 is 0. The number of nitriles is 1. The molecule has 0 radical (unpaired) electrons. The summed E-state index contributed by atoms with van der Waals surface area (Å²) in [4.78, 5) is 4.72. The Morgan fingerprint density at radius 1 is 1.55 bits per heavy atom. The van der Waals surface area contributed by atoms with E-state index in [1.165, 1.54) is 0 Å². The van der Waals surface area contributed by atoms with Gasteiger partial charge in [0.1, 0.15) is 0 Å². The average Bonchev–Trinajstić information content (AvgIpc) is 2.45. The minimum absolute atomic E-state index is 0.217. The van der Waals surface area contributed by atoms with Gasteiger partial charge in [-0.2, -0.15) is 5.26 Å². The van der Waals surface area contributed by atoms with Crippen LogP contribution in [-0.2, 0) is 15.1 Å². The van der Waals surface area contributed by atoms with Crippen LogP contribution in [0.2, 0.25) is 0 Å². The van der Waals surface area contributed by atoms with E-state index < -0.39 is 15.1 Å². The standard InChI is InChI=1S/C15H21N3OS/c1-6-11(3)14-13(20(17,19)7-2)8-12(9-18-14)15(4,5)10-16/h8-9,17H,3,6-7H2,1-2,4-5H3. The third-order valence-electron chi connectivity index (χ3n) is 3.38. The summed E-state index contributed by atoms with van der Waals surface area (Å²) in [5.41, 5.74) is 1.24. The Bertz CT molecular complexity index is 667. The van der Waals surface area contributed by atoms with Gasteiger partial charge < -0.3 is 0 Å². The molecule has 0 bridgehead atoms. The van der Waals surface area contributed by atoms with Gasteiger partial charge in [0.25, 0.3) is 0 Å². The molecule has 20 heavy (non-hydrogen) atoms. The topological polar surface area (TPSA) is 77.6 Å². The molecule has 0 aliphatic rings. The number of pyridine rings is 1. The lowest BCUT2D eigenvalue weighted by molar-refractivity contribution is 0.667. The lowest BCUT2D eigenvalue weighted by Gasteiger charge is -2.19. The Morgan fingerprint density at radius 2 is 2.15 bits per heavy atom. The molecular formula is C15H21N3OS. The highest BCUT2D eigenvalue weighted by atomic mass is 32.2. The van der Waals surface area contributed by atoms with E-state index in [1.54, 1.807) is 33.0 Å². The Morgan fingerprint density at radius 3 is 2.60 bits per heavy atom. The predicted octanol–water partition coefficient (Wildman–Crippen LogP) is 3.73. The van der Waals surface area contributed by atoms with Crippen LogP contribution in [0, 0.1) is 16.1 Å². The normalized spacial score (nSPS) is 14.3. The van der Waals surface area contributed by atoms with Gasteiger partial charge in [-0.05, 0) is 37.5 Å². The Kier molecular flexibility index (Phi) is 4.72. The number of nitrogens with zero attached hydrogens (tertiary/aromatic N) is 2. The van der Waals surface area contributed by atoms with E-state index in [1.807, 2.05) is 6.92 Å². The van der Waals surface area contributed by atoms with E-state index in [-0.39, 0.29) is 5.75 Å². The first-order valence-corrected chi connectivity index (χ1v) is 8.28. The smallest absolute Gasteiger partial charge is 0.0825 e. The highest BCUT2D eigenvalue weighted by Crippen LogP contribution is 2.29. The van der Waals surface area contributed by atoms with Crippen molar-refractivity contribution in [2.45, 2.75) is 44.4 Å². The lowest BCUT2D eigenvalue weighted by atomic mass is 9.87. The maximum atomic E-state index is 12.5. The van der Waals surface area contributed by atoms with E-state index in [0.29, 0.717) is 22.6 Å². The molecule has 0 saturated carbocycles. The maximum absolute atomic E-state index is 12.5. The van der Waals surface area contributed by atoms with Crippen LogP contribution in [0.5, 0.6) is 0 Å². The summed E-state index contributed by atoms with van der Waals surface area (Å²) < 4.78 is 20.5. The van der Waals surface area contributed by atoms with E-state index >= 15 is 0 Å². The number of allylic oxidation sites excluding steroid dienone is 1. The molecule has 0 aliphatic heterocycles. The molecule has 1 rings (SSSR count). The van der Waals surface area contributed by atoms with Gasteiger partial charge in [0.2, 0.25) is 0 Å². The van der Waals surface area contributed by atoms with Crippen molar-refractivity contribution in [2.24, 2.45) is 0 Å². The second kappa shape index (κ2) is 5.76. The van der Waals surface area contributed by atoms with Crippen LogP contribution in [0.3, 0.4) is 0 Å². The van der Waals surface area contributed by atoms with Crippen molar-refractivity contribution in [3.8, 4) is 6.07 Å². The first-order chi connectivity index (χ1) is 9.19. The summed E-state index contributed by atoms with van der Waals surface area (Å²) in [5.74, 6) is 0.217. The molecule has 0 aromatic carbocycles. The predicted molar refractivity (Wildman–Crippen MR) is 81.9 cm³/mol. The molecule has 0 fully saturated rings. The van der Waals surface area contributed by atoms with Gasteiger partial charge in [0, 0.05) is 11.9 Å². The summed E-state index contributed by atoms with van der Waals surface area (Å²) in [6, 6.07) is 3.89.